The highest BCUT2D eigenvalue weighted by atomic mass is 32.2. The van der Waals surface area contributed by atoms with Crippen molar-refractivity contribution in [3.63, 3.8) is 0 Å². The molecule has 0 spiro atoms. The van der Waals surface area contributed by atoms with E-state index in [0.717, 1.165) is 32.7 Å². The molecular weight excluding hydrogens is 556 g/mol. The minimum atomic E-state index is -0.0682. The quantitative estimate of drug-likeness (QED) is 0.0927. The Bertz CT molecular complexity index is 1440. The molecule has 2 heterocycles. The average Bonchev–Trinajstić information content (AvgIpc) is 3.59. The monoisotopic (exact) mass is 592 g/mol. The fourth-order valence-corrected chi connectivity index (χ4v) is 5.77. The number of rotatable bonds is 14. The number of oxazole rings is 1. The zero-order valence-electron chi connectivity index (χ0n) is 23.6. The van der Waals surface area contributed by atoms with Gasteiger partial charge >= 0.3 is 0 Å². The number of nitrogens with one attached hydrogen (secondary N) is 1. The number of anilines is 2. The van der Waals surface area contributed by atoms with Crippen LogP contribution in [-0.4, -0.2) is 28.3 Å². The summed E-state index contributed by atoms with van der Waals surface area (Å²) in [6.45, 7) is 6.79. The van der Waals surface area contributed by atoms with Crippen molar-refractivity contribution in [1.82, 2.24) is 9.97 Å². The topological polar surface area (TPSA) is 120 Å². The third kappa shape index (κ3) is 9.75. The fraction of sp³-hybridized carbons (Fsp3) is 0.355. The lowest BCUT2D eigenvalue weighted by Crippen LogP contribution is -2.13. The number of nitrogen functional groups attached to an aromatic ring is 1. The van der Waals surface area contributed by atoms with Gasteiger partial charge in [-0.1, -0.05) is 45.0 Å². The number of aromatic nitrogens is 2. The van der Waals surface area contributed by atoms with Gasteiger partial charge in [0.25, 0.3) is 0 Å². The van der Waals surface area contributed by atoms with Crippen molar-refractivity contribution in [1.29, 1.82) is 0 Å². The second kappa shape index (κ2) is 14.3. The van der Waals surface area contributed by atoms with Crippen molar-refractivity contribution in [2.24, 2.45) is 0 Å². The highest BCUT2D eigenvalue weighted by molar-refractivity contribution is 8.00. The van der Waals surface area contributed by atoms with Gasteiger partial charge in [-0.15, -0.1) is 23.1 Å². The maximum Gasteiger partial charge on any atom is 0.224 e. The number of Topliss-reactive ketones (excluding diaryl/α,β-unsaturated/α-hetero) is 1. The summed E-state index contributed by atoms with van der Waals surface area (Å²) >= 11 is 3.14. The van der Waals surface area contributed by atoms with Crippen LogP contribution in [-0.2, 0) is 33.6 Å². The van der Waals surface area contributed by atoms with E-state index in [1.807, 2.05) is 42.6 Å². The van der Waals surface area contributed by atoms with E-state index in [2.05, 4.69) is 36.1 Å². The number of nitrogens with zero attached hydrogens (tertiary/aromatic N) is 2. The van der Waals surface area contributed by atoms with Crippen LogP contribution in [0.15, 0.2) is 69.6 Å². The molecule has 0 fully saturated rings. The minimum absolute atomic E-state index is 0.0643. The van der Waals surface area contributed by atoms with E-state index in [0.29, 0.717) is 55.3 Å². The number of ether oxygens (including phenoxy) is 1. The van der Waals surface area contributed by atoms with Crippen LogP contribution in [0.1, 0.15) is 62.3 Å². The summed E-state index contributed by atoms with van der Waals surface area (Å²) in [6, 6.07) is 14.8. The Morgan fingerprint density at radius 1 is 1.02 bits per heavy atom. The summed E-state index contributed by atoms with van der Waals surface area (Å²) in [6.07, 6.45) is 6.11. The lowest BCUT2D eigenvalue weighted by molar-refractivity contribution is -0.118. The first-order chi connectivity index (χ1) is 19.7. The molecule has 0 saturated carbocycles. The lowest BCUT2D eigenvalue weighted by Gasteiger charge is -2.12. The Labute approximate surface area is 249 Å². The van der Waals surface area contributed by atoms with Gasteiger partial charge in [0, 0.05) is 18.3 Å². The Hall–Kier alpha value is -3.63. The number of unbranched alkanes of at least 4 members (excludes halogenated alkanes) is 1. The molecule has 216 valence electrons. The summed E-state index contributed by atoms with van der Waals surface area (Å²) < 4.78 is 12.7. The Balaban J connectivity index is 1.12. The molecule has 0 bridgehead atoms. The molecule has 8 nitrogen and oxygen atoms in total. The molecule has 0 saturated heterocycles. The van der Waals surface area contributed by atoms with E-state index in [1.165, 1.54) is 11.3 Å². The molecule has 2 aromatic carbocycles. The lowest BCUT2D eigenvalue weighted by atomic mass is 9.94. The highest BCUT2D eigenvalue weighted by Crippen LogP contribution is 2.30. The molecule has 1 amide bonds. The number of hydrogen-bond acceptors (Lipinski definition) is 9. The molecule has 0 unspecified atom stereocenters. The second-order valence-corrected chi connectivity index (χ2v) is 13.1. The van der Waals surface area contributed by atoms with Crippen LogP contribution >= 0.6 is 23.1 Å². The van der Waals surface area contributed by atoms with E-state index >= 15 is 0 Å². The molecule has 2 aromatic heterocycles. The molecule has 3 N–H and O–H groups in total. The molecule has 4 aromatic rings. The number of hydrogen-bond donors (Lipinski definition) is 2. The molecule has 0 aliphatic carbocycles. The zero-order chi connectivity index (χ0) is 29.2. The summed E-state index contributed by atoms with van der Waals surface area (Å²) in [7, 11) is 0. The standard InChI is InChI=1S/C31H36N4O4S2/c1-31(2,3)26-18-33-28(39-26)20-40-30-19-34-29(41-30)17-22(36)16-21-11-13-23(14-12-21)38-15-7-6-10-27(37)35-25-9-5-4-8-24(25)32/h4-5,8-9,11-14,18-19H,6-7,10,15-17,20,32H2,1-3H3,(H,35,37). The summed E-state index contributed by atoms with van der Waals surface area (Å²) in [5.41, 5.74) is 7.91. The first kappa shape index (κ1) is 30.3. The van der Waals surface area contributed by atoms with Gasteiger partial charge in [0.1, 0.15) is 22.3 Å². The van der Waals surface area contributed by atoms with Gasteiger partial charge in [-0.05, 0) is 42.7 Å². The Morgan fingerprint density at radius 2 is 1.80 bits per heavy atom. The van der Waals surface area contributed by atoms with Gasteiger partial charge in [0.2, 0.25) is 11.8 Å². The molecule has 0 atom stereocenters. The van der Waals surface area contributed by atoms with Crippen molar-refractivity contribution < 1.29 is 18.7 Å². The van der Waals surface area contributed by atoms with Crippen molar-refractivity contribution in [3.05, 3.63) is 83.1 Å². The predicted molar refractivity (Wildman–Crippen MR) is 165 cm³/mol. The summed E-state index contributed by atoms with van der Waals surface area (Å²) in [4.78, 5) is 33.6. The average molecular weight is 593 g/mol. The largest absolute Gasteiger partial charge is 0.494 e. The first-order valence-corrected chi connectivity index (χ1v) is 15.4. The minimum Gasteiger partial charge on any atom is -0.494 e. The number of para-hydroxylation sites is 2. The van der Waals surface area contributed by atoms with E-state index in [9.17, 15) is 9.59 Å². The molecule has 10 heteroatoms. The van der Waals surface area contributed by atoms with Crippen molar-refractivity contribution in [2.75, 3.05) is 17.7 Å². The molecule has 0 aliphatic heterocycles. The third-order valence-corrected chi connectivity index (χ3v) is 8.31. The third-order valence-electron chi connectivity index (χ3n) is 6.14. The van der Waals surface area contributed by atoms with Crippen LogP contribution in [0.2, 0.25) is 0 Å². The van der Waals surface area contributed by atoms with Crippen molar-refractivity contribution >= 4 is 46.2 Å². The maximum absolute atomic E-state index is 12.6. The van der Waals surface area contributed by atoms with Gasteiger partial charge in [-0.3, -0.25) is 9.59 Å². The van der Waals surface area contributed by atoms with E-state index < -0.39 is 0 Å². The maximum atomic E-state index is 12.6. The van der Waals surface area contributed by atoms with Crippen LogP contribution in [0.3, 0.4) is 0 Å². The predicted octanol–water partition coefficient (Wildman–Crippen LogP) is 6.85. The Morgan fingerprint density at radius 3 is 2.54 bits per heavy atom. The van der Waals surface area contributed by atoms with Gasteiger partial charge in [0.15, 0.2) is 0 Å². The fourth-order valence-electron chi connectivity index (χ4n) is 3.86. The van der Waals surface area contributed by atoms with E-state index in [1.54, 1.807) is 30.1 Å². The summed E-state index contributed by atoms with van der Waals surface area (Å²) in [5.74, 6) is 2.98. The molecular formula is C31H36N4O4S2. The van der Waals surface area contributed by atoms with Crippen molar-refractivity contribution in [3.8, 4) is 5.75 Å². The van der Waals surface area contributed by atoms with Gasteiger partial charge < -0.3 is 20.2 Å². The van der Waals surface area contributed by atoms with E-state index in [4.69, 9.17) is 14.9 Å². The molecule has 41 heavy (non-hydrogen) atoms. The van der Waals surface area contributed by atoms with Crippen LogP contribution in [0.4, 0.5) is 11.4 Å². The number of thioether (sulfide) groups is 1. The SMILES string of the molecule is CC(C)(C)c1cnc(CSc2cnc(CC(=O)Cc3ccc(OCCCCC(=O)Nc4ccccc4N)cc3)s2)o1. The Kier molecular flexibility index (Phi) is 10.6. The van der Waals surface area contributed by atoms with E-state index in [-0.39, 0.29) is 17.1 Å². The molecule has 0 radical (unpaired) electrons. The first-order valence-electron chi connectivity index (χ1n) is 13.6. The van der Waals surface area contributed by atoms with Gasteiger partial charge in [-0.25, -0.2) is 9.97 Å². The number of benzene rings is 2. The molecule has 4 rings (SSSR count). The summed E-state index contributed by atoms with van der Waals surface area (Å²) in [5, 5.41) is 3.64. The van der Waals surface area contributed by atoms with Crippen LogP contribution in [0.25, 0.3) is 0 Å². The van der Waals surface area contributed by atoms with Crippen LogP contribution in [0, 0.1) is 0 Å². The van der Waals surface area contributed by atoms with Gasteiger partial charge in [-0.2, -0.15) is 0 Å². The second-order valence-electron chi connectivity index (χ2n) is 10.7. The molecule has 0 aliphatic rings. The van der Waals surface area contributed by atoms with Crippen LogP contribution in [0.5, 0.6) is 5.75 Å². The number of ketones is 1. The number of amides is 1. The number of thiazole rings is 1. The number of carbonyl (C=O) groups excluding carboxylic acids is 2. The van der Waals surface area contributed by atoms with Crippen LogP contribution < -0.4 is 15.8 Å². The number of carbonyl (C=O) groups is 2. The highest BCUT2D eigenvalue weighted by Gasteiger charge is 2.19. The van der Waals surface area contributed by atoms with Crippen molar-refractivity contribution in [2.45, 2.75) is 68.3 Å². The number of nitrogens with two attached hydrogens (primary N) is 1. The zero-order valence-corrected chi connectivity index (χ0v) is 25.3. The van der Waals surface area contributed by atoms with Gasteiger partial charge in [0.05, 0.1) is 46.8 Å². The smallest absolute Gasteiger partial charge is 0.224 e. The normalized spacial score (nSPS) is 11.4.